The molecule has 0 amide bonds. The van der Waals surface area contributed by atoms with Crippen LogP contribution in [-0.4, -0.2) is 41.0 Å². The van der Waals surface area contributed by atoms with E-state index >= 15 is 0 Å². The van der Waals surface area contributed by atoms with Gasteiger partial charge in [0.2, 0.25) is 0 Å². The molecular weight excluding hydrogens is 324 g/mol. The first-order valence-corrected chi connectivity index (χ1v) is 7.44. The fourth-order valence-corrected chi connectivity index (χ4v) is 3.02. The molecule has 0 aromatic carbocycles. The van der Waals surface area contributed by atoms with Gasteiger partial charge >= 0.3 is 0 Å². The Morgan fingerprint density at radius 2 is 2.30 bits per heavy atom. The third-order valence-corrected chi connectivity index (χ3v) is 4.83. The lowest BCUT2D eigenvalue weighted by Crippen LogP contribution is -2.43. The molecule has 0 radical (unpaired) electrons. The summed E-state index contributed by atoms with van der Waals surface area (Å²) in [7, 11) is 2.12. The molecule has 2 heterocycles. The van der Waals surface area contributed by atoms with Crippen LogP contribution in [0.3, 0.4) is 0 Å². The molecule has 0 bridgehead atoms. The van der Waals surface area contributed by atoms with Gasteiger partial charge in [-0.1, -0.05) is 6.92 Å². The summed E-state index contributed by atoms with van der Waals surface area (Å²) in [6.07, 6.45) is 2.36. The van der Waals surface area contributed by atoms with E-state index in [2.05, 4.69) is 45.1 Å². The molecule has 2 unspecified atom stereocenters. The predicted molar refractivity (Wildman–Crippen MR) is 82.0 cm³/mol. The number of nitro groups is 1. The van der Waals surface area contributed by atoms with Crippen LogP contribution in [0.5, 0.6) is 0 Å². The largest absolute Gasteiger partial charge is 0.366 e. The Kier molecular flexibility index (Phi) is 4.59. The zero-order valence-electron chi connectivity index (χ0n) is 11.9. The second-order valence-electron chi connectivity index (χ2n) is 5.47. The number of hydrogen-bond donors (Lipinski definition) is 1. The molecule has 7 heteroatoms. The molecule has 1 N–H and O–H groups in total. The fraction of sp³-hybridized carbons (Fsp3) is 0.615. The minimum absolute atomic E-state index is 0.0406. The van der Waals surface area contributed by atoms with Crippen LogP contribution in [-0.2, 0) is 0 Å². The van der Waals surface area contributed by atoms with Crippen LogP contribution < -0.4 is 5.32 Å². The smallest absolute Gasteiger partial charge is 0.291 e. The standard InChI is InChI=1S/C13H19BrN4O2/c1-8-7-17(3)5-4-10(8)16-13-12(14)9(2)11(6-15-13)18(19)20/h6,8,10H,4-5,7H2,1-3H3,(H,15,16). The predicted octanol–water partition coefficient (Wildman–Crippen LogP) is 2.81. The highest BCUT2D eigenvalue weighted by molar-refractivity contribution is 9.10. The number of nitrogens with one attached hydrogen (secondary N) is 1. The van der Waals surface area contributed by atoms with Crippen molar-refractivity contribution in [2.24, 2.45) is 5.92 Å². The third-order valence-electron chi connectivity index (χ3n) is 3.86. The second-order valence-corrected chi connectivity index (χ2v) is 6.26. The summed E-state index contributed by atoms with van der Waals surface area (Å²) in [5.74, 6) is 1.20. The minimum Gasteiger partial charge on any atom is -0.366 e. The van der Waals surface area contributed by atoms with E-state index in [1.165, 1.54) is 6.20 Å². The Morgan fingerprint density at radius 3 is 2.90 bits per heavy atom. The van der Waals surface area contributed by atoms with Gasteiger partial charge in [0.15, 0.2) is 0 Å². The van der Waals surface area contributed by atoms with E-state index in [-0.39, 0.29) is 5.69 Å². The van der Waals surface area contributed by atoms with E-state index in [1.54, 1.807) is 6.92 Å². The first kappa shape index (κ1) is 15.2. The van der Waals surface area contributed by atoms with Crippen molar-refractivity contribution >= 4 is 27.4 Å². The van der Waals surface area contributed by atoms with Crippen molar-refractivity contribution in [3.8, 4) is 0 Å². The molecule has 1 aromatic heterocycles. The fourth-order valence-electron chi connectivity index (χ4n) is 2.60. The summed E-state index contributed by atoms with van der Waals surface area (Å²) in [5, 5.41) is 14.3. The lowest BCUT2D eigenvalue weighted by Gasteiger charge is -2.35. The summed E-state index contributed by atoms with van der Waals surface area (Å²) >= 11 is 3.42. The van der Waals surface area contributed by atoms with E-state index in [4.69, 9.17) is 0 Å². The number of hydrogen-bond acceptors (Lipinski definition) is 5. The molecule has 0 spiro atoms. The van der Waals surface area contributed by atoms with Crippen molar-refractivity contribution in [2.75, 3.05) is 25.5 Å². The van der Waals surface area contributed by atoms with E-state index in [1.807, 2.05) is 0 Å². The maximum absolute atomic E-state index is 10.9. The zero-order valence-corrected chi connectivity index (χ0v) is 13.5. The summed E-state index contributed by atoms with van der Waals surface area (Å²) in [6, 6.07) is 0.343. The van der Waals surface area contributed by atoms with Gasteiger partial charge < -0.3 is 10.2 Å². The van der Waals surface area contributed by atoms with Gasteiger partial charge in [-0.15, -0.1) is 0 Å². The molecule has 1 aliphatic rings. The second kappa shape index (κ2) is 6.05. The van der Waals surface area contributed by atoms with Gasteiger partial charge in [-0.25, -0.2) is 4.98 Å². The van der Waals surface area contributed by atoms with Crippen LogP contribution in [0.2, 0.25) is 0 Å². The molecule has 6 nitrogen and oxygen atoms in total. The maximum Gasteiger partial charge on any atom is 0.291 e. The van der Waals surface area contributed by atoms with Crippen molar-refractivity contribution in [1.82, 2.24) is 9.88 Å². The monoisotopic (exact) mass is 342 g/mol. The van der Waals surface area contributed by atoms with Gasteiger partial charge in [0.1, 0.15) is 12.0 Å². The number of pyridine rings is 1. The number of aromatic nitrogens is 1. The zero-order chi connectivity index (χ0) is 14.9. The number of rotatable bonds is 3. The van der Waals surface area contributed by atoms with Gasteiger partial charge in [0, 0.05) is 18.2 Å². The Hall–Kier alpha value is -1.21. The van der Waals surface area contributed by atoms with Crippen LogP contribution in [0, 0.1) is 23.0 Å². The molecule has 1 aromatic rings. The van der Waals surface area contributed by atoms with Crippen molar-refractivity contribution in [3.05, 3.63) is 26.3 Å². The molecule has 1 saturated heterocycles. The summed E-state index contributed by atoms with van der Waals surface area (Å²) in [4.78, 5) is 17.0. The highest BCUT2D eigenvalue weighted by Crippen LogP contribution is 2.32. The van der Waals surface area contributed by atoms with Gasteiger partial charge in [0.25, 0.3) is 5.69 Å². The Balaban J connectivity index is 2.18. The average molecular weight is 343 g/mol. The first-order chi connectivity index (χ1) is 9.40. The topological polar surface area (TPSA) is 71.3 Å². The maximum atomic E-state index is 10.9. The molecule has 2 atom stereocenters. The van der Waals surface area contributed by atoms with Crippen LogP contribution in [0.1, 0.15) is 18.9 Å². The van der Waals surface area contributed by atoms with Crippen LogP contribution in [0.25, 0.3) is 0 Å². The molecule has 0 saturated carbocycles. The summed E-state index contributed by atoms with van der Waals surface area (Å²) in [6.45, 7) is 6.03. The molecule has 2 rings (SSSR count). The normalized spacial score (nSPS) is 23.6. The molecule has 1 fully saturated rings. The highest BCUT2D eigenvalue weighted by Gasteiger charge is 2.26. The quantitative estimate of drug-likeness (QED) is 0.675. The SMILES string of the molecule is Cc1c([N+](=O)[O-])cnc(NC2CCN(C)CC2C)c1Br. The van der Waals surface area contributed by atoms with Gasteiger partial charge in [-0.05, 0) is 48.8 Å². The molecular formula is C13H19BrN4O2. The van der Waals surface area contributed by atoms with Gasteiger partial charge in [0.05, 0.1) is 9.40 Å². The number of likely N-dealkylation sites (tertiary alicyclic amines) is 1. The van der Waals surface area contributed by atoms with E-state index in [0.717, 1.165) is 19.5 Å². The molecule has 110 valence electrons. The first-order valence-electron chi connectivity index (χ1n) is 6.64. The van der Waals surface area contributed by atoms with Crippen molar-refractivity contribution < 1.29 is 4.92 Å². The Labute approximate surface area is 126 Å². The number of piperidine rings is 1. The summed E-state index contributed by atoms with van der Waals surface area (Å²) in [5.41, 5.74) is 0.645. The Morgan fingerprint density at radius 1 is 1.60 bits per heavy atom. The molecule has 0 aliphatic carbocycles. The van der Waals surface area contributed by atoms with E-state index in [9.17, 15) is 10.1 Å². The number of halogens is 1. The number of nitrogens with zero attached hydrogens (tertiary/aromatic N) is 3. The Bertz CT molecular complexity index is 523. The van der Waals surface area contributed by atoms with Gasteiger partial charge in [-0.3, -0.25) is 10.1 Å². The highest BCUT2D eigenvalue weighted by atomic mass is 79.9. The average Bonchev–Trinajstić information content (AvgIpc) is 2.37. The minimum atomic E-state index is -0.408. The van der Waals surface area contributed by atoms with Crippen molar-refractivity contribution in [1.29, 1.82) is 0 Å². The molecule has 1 aliphatic heterocycles. The third kappa shape index (κ3) is 3.09. The lowest BCUT2D eigenvalue weighted by atomic mass is 9.94. The van der Waals surface area contributed by atoms with Crippen LogP contribution in [0.15, 0.2) is 10.7 Å². The van der Waals surface area contributed by atoms with Crippen molar-refractivity contribution in [3.63, 3.8) is 0 Å². The van der Waals surface area contributed by atoms with Crippen molar-refractivity contribution in [2.45, 2.75) is 26.3 Å². The molecule has 20 heavy (non-hydrogen) atoms. The number of anilines is 1. The van der Waals surface area contributed by atoms with E-state index < -0.39 is 4.92 Å². The van der Waals surface area contributed by atoms with Crippen LogP contribution in [0.4, 0.5) is 11.5 Å². The lowest BCUT2D eigenvalue weighted by molar-refractivity contribution is -0.385. The van der Waals surface area contributed by atoms with Crippen LogP contribution >= 0.6 is 15.9 Å². The van der Waals surface area contributed by atoms with E-state index in [0.29, 0.717) is 27.8 Å². The van der Waals surface area contributed by atoms with Gasteiger partial charge in [-0.2, -0.15) is 0 Å². The summed E-state index contributed by atoms with van der Waals surface area (Å²) < 4.78 is 0.679.